The number of pyridine rings is 1. The number of methoxy groups -OCH3 is 1. The van der Waals surface area contributed by atoms with Crippen LogP contribution in [0.3, 0.4) is 0 Å². The third-order valence-electron chi connectivity index (χ3n) is 3.18. The third-order valence-corrected chi connectivity index (χ3v) is 3.18. The van der Waals surface area contributed by atoms with E-state index in [0.717, 1.165) is 12.1 Å². The van der Waals surface area contributed by atoms with E-state index in [9.17, 15) is 4.39 Å². The zero-order valence-electron chi connectivity index (χ0n) is 13.3. The normalized spacial score (nSPS) is 11.2. The minimum absolute atomic E-state index is 0.227. The second-order valence-corrected chi connectivity index (χ2v) is 4.85. The van der Waals surface area contributed by atoms with Crippen LogP contribution >= 0.6 is 0 Å². The van der Waals surface area contributed by atoms with Gasteiger partial charge in [0.15, 0.2) is 5.96 Å². The van der Waals surface area contributed by atoms with E-state index in [4.69, 9.17) is 4.74 Å². The van der Waals surface area contributed by atoms with Crippen molar-refractivity contribution in [2.75, 3.05) is 13.7 Å². The van der Waals surface area contributed by atoms with Gasteiger partial charge in [-0.1, -0.05) is 18.2 Å². The Labute approximate surface area is 135 Å². The highest BCUT2D eigenvalue weighted by Crippen LogP contribution is 2.09. The SMILES string of the molecule is CCNC(=NCc1ccnc(OC)c1)NCc1ccccc1F. The molecule has 122 valence electrons. The fourth-order valence-electron chi connectivity index (χ4n) is 1.99. The second kappa shape index (κ2) is 8.73. The minimum Gasteiger partial charge on any atom is -0.481 e. The molecule has 5 nitrogen and oxygen atoms in total. The van der Waals surface area contributed by atoms with Crippen molar-refractivity contribution in [2.24, 2.45) is 4.99 Å². The molecule has 0 aliphatic heterocycles. The van der Waals surface area contributed by atoms with Crippen LogP contribution in [0.5, 0.6) is 5.88 Å². The first kappa shape index (κ1) is 16.7. The molecule has 0 saturated heterocycles. The van der Waals surface area contributed by atoms with Gasteiger partial charge in [-0.05, 0) is 24.6 Å². The fourth-order valence-corrected chi connectivity index (χ4v) is 1.99. The third kappa shape index (κ3) is 5.25. The highest BCUT2D eigenvalue weighted by atomic mass is 19.1. The molecule has 0 saturated carbocycles. The lowest BCUT2D eigenvalue weighted by Gasteiger charge is -2.12. The van der Waals surface area contributed by atoms with Crippen molar-refractivity contribution in [3.8, 4) is 5.88 Å². The van der Waals surface area contributed by atoms with Crippen molar-refractivity contribution in [1.82, 2.24) is 15.6 Å². The highest BCUT2D eigenvalue weighted by Gasteiger charge is 2.03. The number of hydrogen-bond acceptors (Lipinski definition) is 3. The number of guanidine groups is 1. The largest absolute Gasteiger partial charge is 0.481 e. The molecule has 0 aliphatic carbocycles. The van der Waals surface area contributed by atoms with Gasteiger partial charge in [-0.2, -0.15) is 0 Å². The van der Waals surface area contributed by atoms with Crippen LogP contribution in [-0.4, -0.2) is 24.6 Å². The van der Waals surface area contributed by atoms with Crippen molar-refractivity contribution in [3.63, 3.8) is 0 Å². The monoisotopic (exact) mass is 316 g/mol. The molecule has 0 amide bonds. The van der Waals surface area contributed by atoms with E-state index in [-0.39, 0.29) is 5.82 Å². The molecule has 0 spiro atoms. The molecule has 0 fully saturated rings. The van der Waals surface area contributed by atoms with Crippen LogP contribution in [0.15, 0.2) is 47.6 Å². The van der Waals surface area contributed by atoms with Crippen molar-refractivity contribution in [1.29, 1.82) is 0 Å². The molecule has 0 atom stereocenters. The molecule has 6 heteroatoms. The maximum Gasteiger partial charge on any atom is 0.213 e. The number of ether oxygens (including phenoxy) is 1. The Hall–Kier alpha value is -2.63. The van der Waals surface area contributed by atoms with Gasteiger partial charge in [-0.15, -0.1) is 0 Å². The number of aromatic nitrogens is 1. The number of benzene rings is 1. The lowest BCUT2D eigenvalue weighted by atomic mass is 10.2. The first-order valence-corrected chi connectivity index (χ1v) is 7.47. The molecule has 0 radical (unpaired) electrons. The minimum atomic E-state index is -0.227. The summed E-state index contributed by atoms with van der Waals surface area (Å²) in [7, 11) is 1.58. The van der Waals surface area contributed by atoms with Gasteiger partial charge < -0.3 is 15.4 Å². The summed E-state index contributed by atoms with van der Waals surface area (Å²) in [4.78, 5) is 8.56. The number of nitrogens with one attached hydrogen (secondary N) is 2. The average molecular weight is 316 g/mol. The van der Waals surface area contributed by atoms with Gasteiger partial charge in [0, 0.05) is 30.9 Å². The van der Waals surface area contributed by atoms with Crippen molar-refractivity contribution in [3.05, 3.63) is 59.5 Å². The molecular weight excluding hydrogens is 295 g/mol. The molecular formula is C17H21FN4O. The Bertz CT molecular complexity index is 661. The molecule has 1 heterocycles. The van der Waals surface area contributed by atoms with Gasteiger partial charge in [0.1, 0.15) is 5.82 Å². The quantitative estimate of drug-likeness (QED) is 0.635. The molecule has 23 heavy (non-hydrogen) atoms. The summed E-state index contributed by atoms with van der Waals surface area (Å²) >= 11 is 0. The van der Waals surface area contributed by atoms with Crippen LogP contribution in [0.1, 0.15) is 18.1 Å². The summed E-state index contributed by atoms with van der Waals surface area (Å²) in [5, 5.41) is 6.27. The van der Waals surface area contributed by atoms with E-state index in [2.05, 4.69) is 20.6 Å². The number of rotatable bonds is 6. The lowest BCUT2D eigenvalue weighted by molar-refractivity contribution is 0.397. The summed E-state index contributed by atoms with van der Waals surface area (Å²) in [6.45, 7) is 3.56. The first-order chi connectivity index (χ1) is 11.2. The van der Waals surface area contributed by atoms with Crippen molar-refractivity contribution >= 4 is 5.96 Å². The van der Waals surface area contributed by atoms with E-state index in [1.165, 1.54) is 6.07 Å². The standard InChI is InChI=1S/C17H21FN4O/c1-3-19-17(22-12-14-6-4-5-7-15(14)18)21-11-13-8-9-20-16(10-13)23-2/h4-10H,3,11-12H2,1-2H3,(H2,19,21,22). The molecule has 0 aliphatic rings. The zero-order valence-corrected chi connectivity index (χ0v) is 13.3. The van der Waals surface area contributed by atoms with E-state index < -0.39 is 0 Å². The number of nitrogens with zero attached hydrogens (tertiary/aromatic N) is 2. The predicted molar refractivity (Wildman–Crippen MR) is 88.8 cm³/mol. The van der Waals surface area contributed by atoms with Crippen LogP contribution in [0.4, 0.5) is 4.39 Å². The fraction of sp³-hybridized carbons (Fsp3) is 0.294. The maximum atomic E-state index is 13.6. The van der Waals surface area contributed by atoms with Crippen molar-refractivity contribution < 1.29 is 9.13 Å². The van der Waals surface area contributed by atoms with Crippen LogP contribution in [-0.2, 0) is 13.1 Å². The molecule has 2 N–H and O–H groups in total. The van der Waals surface area contributed by atoms with Gasteiger partial charge in [-0.25, -0.2) is 14.4 Å². The maximum absolute atomic E-state index is 13.6. The predicted octanol–water partition coefficient (Wildman–Crippen LogP) is 2.48. The first-order valence-electron chi connectivity index (χ1n) is 7.47. The molecule has 2 rings (SSSR count). The Morgan fingerprint density at radius 3 is 2.83 bits per heavy atom. The summed E-state index contributed by atoms with van der Waals surface area (Å²) in [6.07, 6.45) is 1.68. The number of halogens is 1. The van der Waals surface area contributed by atoms with Gasteiger partial charge in [0.2, 0.25) is 5.88 Å². The smallest absolute Gasteiger partial charge is 0.213 e. The Balaban J connectivity index is 2.00. The van der Waals surface area contributed by atoms with E-state index in [1.807, 2.05) is 25.1 Å². The lowest BCUT2D eigenvalue weighted by Crippen LogP contribution is -2.37. The molecule has 0 bridgehead atoms. The van der Waals surface area contributed by atoms with Gasteiger partial charge >= 0.3 is 0 Å². The van der Waals surface area contributed by atoms with E-state index in [1.54, 1.807) is 25.4 Å². The average Bonchev–Trinajstić information content (AvgIpc) is 2.59. The number of aliphatic imine (C=N–C) groups is 1. The highest BCUT2D eigenvalue weighted by molar-refractivity contribution is 5.79. The molecule has 1 aromatic carbocycles. The topological polar surface area (TPSA) is 58.5 Å². The Morgan fingerprint density at radius 1 is 1.26 bits per heavy atom. The summed E-state index contributed by atoms with van der Waals surface area (Å²) in [5.74, 6) is 0.961. The second-order valence-electron chi connectivity index (χ2n) is 4.85. The summed E-state index contributed by atoms with van der Waals surface area (Å²) in [5.41, 5.74) is 1.59. The van der Waals surface area contributed by atoms with Gasteiger partial charge in [0.05, 0.1) is 13.7 Å². The van der Waals surface area contributed by atoms with Crippen LogP contribution in [0.25, 0.3) is 0 Å². The van der Waals surface area contributed by atoms with E-state index >= 15 is 0 Å². The molecule has 2 aromatic rings. The van der Waals surface area contributed by atoms with E-state index in [0.29, 0.717) is 30.5 Å². The summed E-state index contributed by atoms with van der Waals surface area (Å²) in [6, 6.07) is 10.4. The number of hydrogen-bond donors (Lipinski definition) is 2. The van der Waals surface area contributed by atoms with Crippen LogP contribution < -0.4 is 15.4 Å². The zero-order chi connectivity index (χ0) is 16.5. The summed E-state index contributed by atoms with van der Waals surface area (Å²) < 4.78 is 18.7. The van der Waals surface area contributed by atoms with Gasteiger partial charge in [0.25, 0.3) is 0 Å². The Kier molecular flexibility index (Phi) is 6.35. The molecule has 1 aromatic heterocycles. The van der Waals surface area contributed by atoms with Crippen LogP contribution in [0.2, 0.25) is 0 Å². The molecule has 0 unspecified atom stereocenters. The van der Waals surface area contributed by atoms with Crippen molar-refractivity contribution in [2.45, 2.75) is 20.0 Å². The Morgan fingerprint density at radius 2 is 2.09 bits per heavy atom. The van der Waals surface area contributed by atoms with Crippen LogP contribution in [0, 0.1) is 5.82 Å². The van der Waals surface area contributed by atoms with Gasteiger partial charge in [-0.3, -0.25) is 0 Å².